The van der Waals surface area contributed by atoms with Crippen LogP contribution < -0.4 is 6.15 Å². The van der Waals surface area contributed by atoms with Crippen LogP contribution in [0.25, 0.3) is 0 Å². The van der Waals surface area contributed by atoms with E-state index in [-0.39, 0.29) is 19.2 Å². The molecule has 0 aromatic heterocycles. The molecule has 0 saturated carbocycles. The Morgan fingerprint density at radius 1 is 1.50 bits per heavy atom. The Kier molecular flexibility index (Phi) is 7.18. The molecule has 0 radical (unpaired) electrons. The molecular weight excluding hydrogens is 238 g/mol. The van der Waals surface area contributed by atoms with Gasteiger partial charge in [0, 0.05) is 12.5 Å². The van der Waals surface area contributed by atoms with Crippen molar-refractivity contribution >= 4 is 16.4 Å². The van der Waals surface area contributed by atoms with Crippen LogP contribution in [0.3, 0.4) is 0 Å². The number of esters is 1. The molecule has 0 bridgehead atoms. The number of carbonyl (C=O) groups is 1. The third-order valence-electron chi connectivity index (χ3n) is 1.44. The Bertz CT molecular complexity index is 334. The molecular formula is C8H17NO6S. The molecule has 0 aromatic rings. The van der Waals surface area contributed by atoms with Crippen molar-refractivity contribution in [3.05, 3.63) is 12.7 Å². The lowest BCUT2D eigenvalue weighted by atomic mass is 10.1. The van der Waals surface area contributed by atoms with Gasteiger partial charge in [-0.1, -0.05) is 6.58 Å². The van der Waals surface area contributed by atoms with Gasteiger partial charge in [0.05, 0.1) is 12.2 Å². The molecule has 0 heterocycles. The van der Waals surface area contributed by atoms with Crippen molar-refractivity contribution in [1.82, 2.24) is 6.15 Å². The Morgan fingerprint density at radius 3 is 2.38 bits per heavy atom. The summed E-state index contributed by atoms with van der Waals surface area (Å²) < 4.78 is 39.7. The summed E-state index contributed by atoms with van der Waals surface area (Å²) in [6.07, 6.45) is 1.08. The molecule has 0 unspecified atom stereocenters. The average molecular weight is 255 g/mol. The van der Waals surface area contributed by atoms with Crippen LogP contribution in [0, 0.1) is 0 Å². The second-order valence-corrected chi connectivity index (χ2v) is 4.36. The first-order chi connectivity index (χ1) is 6.66. The molecule has 0 fully saturated rings. The highest BCUT2D eigenvalue weighted by molar-refractivity contribution is 7.80. The van der Waals surface area contributed by atoms with E-state index in [1.54, 1.807) is 0 Å². The van der Waals surface area contributed by atoms with Crippen molar-refractivity contribution in [2.24, 2.45) is 0 Å². The van der Waals surface area contributed by atoms with Crippen LogP contribution in [0.4, 0.5) is 0 Å². The lowest BCUT2D eigenvalue weighted by Gasteiger charge is -2.25. The zero-order chi connectivity index (χ0) is 12.1. The van der Waals surface area contributed by atoms with Crippen molar-refractivity contribution in [3.63, 3.8) is 0 Å². The SMILES string of the molecule is C=CC(=O)OCCC(C)(C)OS(=O)(=O)[O-].[NH4+]. The quantitative estimate of drug-likeness (QED) is 0.322. The third kappa shape index (κ3) is 9.59. The smallest absolute Gasteiger partial charge is 0.330 e. The van der Waals surface area contributed by atoms with Crippen molar-refractivity contribution in [2.75, 3.05) is 6.61 Å². The lowest BCUT2D eigenvalue weighted by molar-refractivity contribution is -0.138. The number of hydrogen-bond acceptors (Lipinski definition) is 6. The molecule has 96 valence electrons. The van der Waals surface area contributed by atoms with E-state index < -0.39 is 22.0 Å². The van der Waals surface area contributed by atoms with Gasteiger partial charge in [0.2, 0.25) is 10.4 Å². The summed E-state index contributed by atoms with van der Waals surface area (Å²) in [4.78, 5) is 10.6. The molecule has 0 aliphatic rings. The zero-order valence-corrected chi connectivity index (χ0v) is 10.4. The van der Waals surface area contributed by atoms with Gasteiger partial charge in [-0.25, -0.2) is 13.2 Å². The van der Waals surface area contributed by atoms with Crippen molar-refractivity contribution in [3.8, 4) is 0 Å². The molecule has 16 heavy (non-hydrogen) atoms. The second-order valence-electron chi connectivity index (χ2n) is 3.37. The van der Waals surface area contributed by atoms with Crippen LogP contribution in [0.15, 0.2) is 12.7 Å². The summed E-state index contributed by atoms with van der Waals surface area (Å²) in [5.41, 5.74) is -1.19. The highest BCUT2D eigenvalue weighted by Gasteiger charge is 2.22. The Morgan fingerprint density at radius 2 is 2.00 bits per heavy atom. The highest BCUT2D eigenvalue weighted by atomic mass is 32.3. The average Bonchev–Trinajstić information content (AvgIpc) is 1.98. The maximum absolute atomic E-state index is 10.6. The normalized spacial score (nSPS) is 11.4. The van der Waals surface area contributed by atoms with Crippen LogP contribution in [0.2, 0.25) is 0 Å². The standard InChI is InChI=1S/C8H14O6S.H3N/c1-4-7(9)13-6-5-8(2,3)14-15(10,11)12;/h4H,1,5-6H2,2-3H3,(H,10,11,12);1H3. The van der Waals surface area contributed by atoms with Gasteiger partial charge >= 0.3 is 5.97 Å². The monoisotopic (exact) mass is 255 g/mol. The molecule has 0 rings (SSSR count). The second kappa shape index (κ2) is 6.59. The van der Waals surface area contributed by atoms with Crippen LogP contribution in [0.1, 0.15) is 20.3 Å². The minimum atomic E-state index is -4.75. The number of ether oxygens (including phenoxy) is 1. The molecule has 0 atom stereocenters. The van der Waals surface area contributed by atoms with E-state index in [0.29, 0.717) is 0 Å². The summed E-state index contributed by atoms with van der Waals surface area (Å²) in [6.45, 7) is 5.95. The van der Waals surface area contributed by atoms with Gasteiger partial charge in [0.1, 0.15) is 0 Å². The van der Waals surface area contributed by atoms with Crippen LogP contribution >= 0.6 is 0 Å². The fourth-order valence-electron chi connectivity index (χ4n) is 0.774. The van der Waals surface area contributed by atoms with E-state index in [1.165, 1.54) is 13.8 Å². The molecule has 0 spiro atoms. The van der Waals surface area contributed by atoms with Crippen molar-refractivity contribution in [2.45, 2.75) is 25.9 Å². The largest absolute Gasteiger partial charge is 0.726 e. The van der Waals surface area contributed by atoms with Gasteiger partial charge < -0.3 is 15.4 Å². The van der Waals surface area contributed by atoms with E-state index in [9.17, 15) is 17.8 Å². The van der Waals surface area contributed by atoms with Crippen molar-refractivity contribution < 1.29 is 26.7 Å². The number of quaternary nitrogens is 1. The van der Waals surface area contributed by atoms with Crippen LogP contribution in [-0.4, -0.2) is 31.1 Å². The van der Waals surface area contributed by atoms with Gasteiger partial charge in [0.25, 0.3) is 0 Å². The summed E-state index contributed by atoms with van der Waals surface area (Å²) >= 11 is 0. The first kappa shape index (κ1) is 17.4. The molecule has 0 saturated heterocycles. The van der Waals surface area contributed by atoms with E-state index in [0.717, 1.165) is 6.08 Å². The van der Waals surface area contributed by atoms with Crippen molar-refractivity contribution in [1.29, 1.82) is 0 Å². The third-order valence-corrected chi connectivity index (χ3v) is 2.10. The minimum absolute atomic E-state index is 0. The first-order valence-electron chi connectivity index (χ1n) is 4.12. The first-order valence-corrected chi connectivity index (χ1v) is 5.45. The molecule has 0 aliphatic heterocycles. The van der Waals surface area contributed by atoms with E-state index in [2.05, 4.69) is 15.5 Å². The maximum Gasteiger partial charge on any atom is 0.330 e. The molecule has 7 nitrogen and oxygen atoms in total. The Labute approximate surface area is 95.0 Å². The predicted molar refractivity (Wildman–Crippen MR) is 56.6 cm³/mol. The maximum atomic E-state index is 10.6. The minimum Gasteiger partial charge on any atom is -0.726 e. The van der Waals surface area contributed by atoms with Crippen LogP contribution in [0.5, 0.6) is 0 Å². The summed E-state index contributed by atoms with van der Waals surface area (Å²) in [7, 11) is -4.75. The summed E-state index contributed by atoms with van der Waals surface area (Å²) in [6, 6.07) is 0. The zero-order valence-electron chi connectivity index (χ0n) is 9.56. The molecule has 0 amide bonds. The van der Waals surface area contributed by atoms with Gasteiger partial charge in [0.15, 0.2) is 0 Å². The molecule has 0 aromatic carbocycles. The lowest BCUT2D eigenvalue weighted by Crippen LogP contribution is -2.29. The summed E-state index contributed by atoms with van der Waals surface area (Å²) in [5.74, 6) is -0.615. The fraction of sp³-hybridized carbons (Fsp3) is 0.625. The van der Waals surface area contributed by atoms with E-state index >= 15 is 0 Å². The van der Waals surface area contributed by atoms with Gasteiger partial charge in [-0.3, -0.25) is 4.18 Å². The molecule has 4 N–H and O–H groups in total. The summed E-state index contributed by atoms with van der Waals surface area (Å²) in [5, 5.41) is 0. The van der Waals surface area contributed by atoms with Crippen LogP contribution in [-0.2, 0) is 24.1 Å². The Hall–Kier alpha value is -0.960. The molecule has 8 heteroatoms. The number of hydrogen-bond donors (Lipinski definition) is 1. The van der Waals surface area contributed by atoms with Gasteiger partial charge in [-0.2, -0.15) is 0 Å². The Balaban J connectivity index is 0. The molecule has 0 aliphatic carbocycles. The fourth-order valence-corrected chi connectivity index (χ4v) is 1.41. The highest BCUT2D eigenvalue weighted by Crippen LogP contribution is 2.16. The topological polar surface area (TPSA) is 129 Å². The van der Waals surface area contributed by atoms with E-state index in [4.69, 9.17) is 0 Å². The number of carbonyl (C=O) groups excluding carboxylic acids is 1. The van der Waals surface area contributed by atoms with E-state index in [1.807, 2.05) is 0 Å². The number of rotatable bonds is 6. The van der Waals surface area contributed by atoms with Gasteiger partial charge in [-0.05, 0) is 13.8 Å². The predicted octanol–water partition coefficient (Wildman–Crippen LogP) is 0.737. The van der Waals surface area contributed by atoms with Gasteiger partial charge in [-0.15, -0.1) is 0 Å².